The monoisotopic (exact) mass is 574 g/mol. The van der Waals surface area contributed by atoms with Crippen LogP contribution in [0.4, 0.5) is 0 Å². The normalized spacial score (nSPS) is 10.7. The first-order valence-electron chi connectivity index (χ1n) is 13.8. The molecule has 0 amide bonds. The van der Waals surface area contributed by atoms with Gasteiger partial charge in [0, 0.05) is 12.2 Å². The Kier molecular flexibility index (Phi) is 33.0. The smallest absolute Gasteiger partial charge is 0.331 e. The average molecular weight is 573 g/mol. The Labute approximate surface area is 216 Å². The Morgan fingerprint density at radius 1 is 0.515 bits per heavy atom. The number of rotatable bonds is 22. The van der Waals surface area contributed by atoms with Gasteiger partial charge < -0.3 is 9.47 Å². The number of unbranched alkanes of at least 4 members (excludes halogenated alkanes) is 12. The second-order valence-corrected chi connectivity index (χ2v) is 12.9. The van der Waals surface area contributed by atoms with Crippen LogP contribution in [0.25, 0.3) is 0 Å². The third-order valence-electron chi connectivity index (χ3n) is 5.25. The summed E-state index contributed by atoms with van der Waals surface area (Å²) in [4.78, 5) is 22.1. The molecule has 0 spiro atoms. The molecule has 5 heteroatoms. The molecule has 0 atom stereocenters. The molecule has 33 heavy (non-hydrogen) atoms. The van der Waals surface area contributed by atoms with Gasteiger partial charge in [0.15, 0.2) is 0 Å². The van der Waals surface area contributed by atoms with Gasteiger partial charge in [-0.3, -0.25) is 0 Å². The third kappa shape index (κ3) is 33.7. The minimum absolute atomic E-state index is 0.0736. The van der Waals surface area contributed by atoms with E-state index < -0.39 is 11.9 Å². The summed E-state index contributed by atoms with van der Waals surface area (Å²) in [7, 11) is 0. The van der Waals surface area contributed by atoms with Crippen LogP contribution in [-0.4, -0.2) is 46.3 Å². The van der Waals surface area contributed by atoms with Crippen LogP contribution in [0.2, 0.25) is 8.87 Å². The fraction of sp³-hybridized carbons (Fsp3) is 0.857. The molecule has 0 aliphatic carbocycles. The maximum Gasteiger partial charge on any atom is 0.331 e. The molecular formula is C28H54O4Sn. The second-order valence-electron chi connectivity index (χ2n) is 8.66. The zero-order valence-electron chi connectivity index (χ0n) is 22.4. The fourth-order valence-corrected chi connectivity index (χ4v) is 6.62. The van der Waals surface area contributed by atoms with E-state index in [2.05, 4.69) is 13.8 Å². The van der Waals surface area contributed by atoms with Gasteiger partial charge in [-0.1, -0.05) is 26.7 Å². The van der Waals surface area contributed by atoms with Crippen LogP contribution in [0.5, 0.6) is 0 Å². The van der Waals surface area contributed by atoms with Crippen molar-refractivity contribution in [1.82, 2.24) is 0 Å². The van der Waals surface area contributed by atoms with E-state index in [0.717, 1.165) is 37.8 Å². The van der Waals surface area contributed by atoms with Gasteiger partial charge in [-0.05, 0) is 12.8 Å². The molecule has 0 aliphatic rings. The molecule has 0 saturated carbocycles. The molecule has 0 heterocycles. The number of hydrogen-bond acceptors (Lipinski definition) is 4. The summed E-state index contributed by atoms with van der Waals surface area (Å²) in [6, 6.07) is 0. The molecule has 0 aromatic heterocycles. The third-order valence-corrected chi connectivity index (χ3v) is 9.29. The number of carbonyl (C=O) groups is 2. The second kappa shape index (κ2) is 31.5. The van der Waals surface area contributed by atoms with Crippen LogP contribution in [0, 0.1) is 0 Å². The van der Waals surface area contributed by atoms with Crippen molar-refractivity contribution in [2.75, 3.05) is 13.2 Å². The van der Waals surface area contributed by atoms with Crippen molar-refractivity contribution in [1.29, 1.82) is 0 Å². The van der Waals surface area contributed by atoms with Crippen LogP contribution < -0.4 is 0 Å². The van der Waals surface area contributed by atoms with Gasteiger partial charge in [-0.15, -0.1) is 0 Å². The van der Waals surface area contributed by atoms with Gasteiger partial charge in [0.05, 0.1) is 13.2 Å². The van der Waals surface area contributed by atoms with Crippen molar-refractivity contribution in [2.45, 2.75) is 139 Å². The standard InChI is InChI=1S/C12H20O4.2C8H17.Sn/c1-3-5-9-15-11(13)7-8-12(14)16-10-6-4-2;2*1-3-5-7-8-6-4-2;/h7-8H,3-6,9-10H2,1-2H3;2*1,3-8H2,2H3;. The Morgan fingerprint density at radius 3 is 1.21 bits per heavy atom. The Bertz CT molecular complexity index is 400. The van der Waals surface area contributed by atoms with Crippen LogP contribution in [0.3, 0.4) is 0 Å². The van der Waals surface area contributed by atoms with E-state index in [-0.39, 0.29) is 21.1 Å². The fourth-order valence-electron chi connectivity index (χ4n) is 3.05. The van der Waals surface area contributed by atoms with E-state index in [9.17, 15) is 9.59 Å². The van der Waals surface area contributed by atoms with Crippen molar-refractivity contribution in [3.8, 4) is 0 Å². The van der Waals surface area contributed by atoms with Crippen molar-refractivity contribution < 1.29 is 19.1 Å². The van der Waals surface area contributed by atoms with E-state index in [1.807, 2.05) is 13.8 Å². The van der Waals surface area contributed by atoms with Gasteiger partial charge in [-0.2, -0.15) is 0 Å². The van der Waals surface area contributed by atoms with E-state index in [4.69, 9.17) is 9.47 Å². The average Bonchev–Trinajstić information content (AvgIpc) is 2.81. The minimum atomic E-state index is -0.499. The van der Waals surface area contributed by atoms with E-state index >= 15 is 0 Å². The quantitative estimate of drug-likeness (QED) is 0.0564. The summed E-state index contributed by atoms with van der Waals surface area (Å²) in [6.07, 6.45) is 23.6. The topological polar surface area (TPSA) is 52.6 Å². The van der Waals surface area contributed by atoms with Gasteiger partial charge >= 0.3 is 133 Å². The van der Waals surface area contributed by atoms with Crippen molar-refractivity contribution in [3.05, 3.63) is 12.2 Å². The first-order valence-corrected chi connectivity index (χ1v) is 17.9. The van der Waals surface area contributed by atoms with Crippen LogP contribution in [0.15, 0.2) is 12.2 Å². The molecule has 0 saturated heterocycles. The molecule has 0 aromatic rings. The molecule has 0 unspecified atom stereocenters. The van der Waals surface area contributed by atoms with Crippen molar-refractivity contribution >= 4 is 33.1 Å². The maximum atomic E-state index is 11.0. The maximum absolute atomic E-state index is 11.0. The Morgan fingerprint density at radius 2 is 0.848 bits per heavy atom. The number of ether oxygens (including phenoxy) is 2. The van der Waals surface area contributed by atoms with Crippen LogP contribution in [0.1, 0.15) is 130 Å². The molecule has 194 valence electrons. The largest absolute Gasteiger partial charge is 0.463 e. The van der Waals surface area contributed by atoms with E-state index in [1.165, 1.54) is 64.2 Å². The number of carbonyl (C=O) groups excluding carboxylic acids is 2. The first kappa shape index (κ1) is 34.6. The molecule has 0 N–H and O–H groups in total. The number of esters is 2. The summed E-state index contributed by atoms with van der Waals surface area (Å²) < 4.78 is 13.0. The molecule has 0 aliphatic heterocycles. The Balaban J connectivity index is 0. The summed E-state index contributed by atoms with van der Waals surface area (Å²) in [5, 5.41) is 0. The summed E-state index contributed by atoms with van der Waals surface area (Å²) in [5.41, 5.74) is 0. The van der Waals surface area contributed by atoms with Gasteiger partial charge in [0.1, 0.15) is 0 Å². The van der Waals surface area contributed by atoms with Crippen LogP contribution in [-0.2, 0) is 19.1 Å². The molecule has 0 bridgehead atoms. The molecular weight excluding hydrogens is 519 g/mol. The summed E-state index contributed by atoms with van der Waals surface area (Å²) in [5.74, 6) is -0.998. The van der Waals surface area contributed by atoms with Gasteiger partial charge in [-0.25, -0.2) is 9.59 Å². The molecule has 2 radical (unpaired) electrons. The van der Waals surface area contributed by atoms with Crippen LogP contribution >= 0.6 is 0 Å². The molecule has 0 fully saturated rings. The molecule has 0 aromatic carbocycles. The predicted molar refractivity (Wildman–Crippen MR) is 143 cm³/mol. The Hall–Kier alpha value is -0.521. The molecule has 0 rings (SSSR count). The van der Waals surface area contributed by atoms with Gasteiger partial charge in [0.25, 0.3) is 0 Å². The summed E-state index contributed by atoms with van der Waals surface area (Å²) in [6.45, 7) is 9.41. The first-order chi connectivity index (χ1) is 16.1. The zero-order chi connectivity index (χ0) is 24.8. The minimum Gasteiger partial charge on any atom is -0.463 e. The van der Waals surface area contributed by atoms with E-state index in [1.54, 1.807) is 21.7 Å². The SMILES string of the molecule is CCCCCCC[CH2][Sn][CH2]CCCCCCC.CCCCOC(=O)C=CC(=O)OCCCC. The predicted octanol–water partition coefficient (Wildman–Crippen LogP) is 8.48. The van der Waals surface area contributed by atoms with Crippen molar-refractivity contribution in [3.63, 3.8) is 0 Å². The zero-order valence-corrected chi connectivity index (χ0v) is 25.3. The summed E-state index contributed by atoms with van der Waals surface area (Å²) >= 11 is 0.0736. The van der Waals surface area contributed by atoms with Gasteiger partial charge in [0.2, 0.25) is 0 Å². The number of hydrogen-bond donors (Lipinski definition) is 0. The van der Waals surface area contributed by atoms with Crippen molar-refractivity contribution in [2.24, 2.45) is 0 Å². The molecule has 4 nitrogen and oxygen atoms in total. The van der Waals surface area contributed by atoms with E-state index in [0.29, 0.717) is 13.2 Å².